The van der Waals surface area contributed by atoms with E-state index in [0.717, 1.165) is 22.4 Å². The normalized spacial score (nSPS) is 10.8. The Balaban J connectivity index is 2.30. The molecule has 0 aliphatic carbocycles. The number of carbonyl (C=O) groups excluding carboxylic acids is 1. The van der Waals surface area contributed by atoms with Crippen molar-refractivity contribution in [3.63, 3.8) is 0 Å². The number of aromatic nitrogens is 1. The third kappa shape index (κ3) is 3.67. The molecular formula is C23H24NO2+. The van der Waals surface area contributed by atoms with Gasteiger partial charge in [0.2, 0.25) is 5.69 Å². The van der Waals surface area contributed by atoms with Gasteiger partial charge >= 0.3 is 5.97 Å². The van der Waals surface area contributed by atoms with Crippen molar-refractivity contribution in [1.82, 2.24) is 0 Å². The standard InChI is InChI=1S/C23H24NO2/c1-4-26-23(25)22-16-20(18-11-7-5-8-12-18)15-21(24(22)17(2)3)19-13-9-6-10-14-19/h5-17H,4H2,1-3H3/q+1. The fourth-order valence-electron chi connectivity index (χ4n) is 3.15. The van der Waals surface area contributed by atoms with Crippen LogP contribution in [0.25, 0.3) is 22.4 Å². The van der Waals surface area contributed by atoms with Gasteiger partial charge in [-0.15, -0.1) is 0 Å². The number of esters is 1. The van der Waals surface area contributed by atoms with E-state index in [0.29, 0.717) is 12.3 Å². The Morgan fingerprint density at radius 1 is 0.885 bits per heavy atom. The SMILES string of the molecule is CCOC(=O)c1cc(-c2ccccc2)cc(-c2ccccc2)[n+]1C(C)C. The molecule has 0 radical (unpaired) electrons. The molecule has 2 aromatic carbocycles. The zero-order chi connectivity index (χ0) is 18.5. The molecular weight excluding hydrogens is 322 g/mol. The number of rotatable bonds is 5. The molecule has 3 heteroatoms. The maximum Gasteiger partial charge on any atom is 0.403 e. The number of carbonyl (C=O) groups is 1. The minimum Gasteiger partial charge on any atom is -0.458 e. The van der Waals surface area contributed by atoms with E-state index in [1.165, 1.54) is 0 Å². The predicted molar refractivity (Wildman–Crippen MR) is 104 cm³/mol. The van der Waals surface area contributed by atoms with Crippen molar-refractivity contribution in [2.24, 2.45) is 0 Å². The highest BCUT2D eigenvalue weighted by atomic mass is 16.5. The van der Waals surface area contributed by atoms with Gasteiger partial charge in [-0.05, 0) is 44.0 Å². The smallest absolute Gasteiger partial charge is 0.403 e. The molecule has 1 heterocycles. The molecule has 0 aliphatic heterocycles. The molecule has 3 rings (SSSR count). The highest BCUT2D eigenvalue weighted by molar-refractivity contribution is 5.88. The van der Waals surface area contributed by atoms with Gasteiger partial charge in [0.25, 0.3) is 5.69 Å². The van der Waals surface area contributed by atoms with E-state index in [2.05, 4.69) is 48.7 Å². The third-order valence-corrected chi connectivity index (χ3v) is 4.28. The fraction of sp³-hybridized carbons (Fsp3) is 0.217. The Kier molecular flexibility index (Phi) is 5.47. The Morgan fingerprint density at radius 3 is 2.00 bits per heavy atom. The first kappa shape index (κ1) is 17.9. The molecule has 0 aliphatic rings. The number of hydrogen-bond acceptors (Lipinski definition) is 2. The number of hydrogen-bond donors (Lipinski definition) is 0. The summed E-state index contributed by atoms with van der Waals surface area (Å²) in [6, 6.07) is 24.5. The van der Waals surface area contributed by atoms with Crippen LogP contribution in [0.4, 0.5) is 0 Å². The summed E-state index contributed by atoms with van der Waals surface area (Å²) >= 11 is 0. The first-order valence-electron chi connectivity index (χ1n) is 8.99. The molecule has 132 valence electrons. The lowest BCUT2D eigenvalue weighted by molar-refractivity contribution is -0.708. The molecule has 0 fully saturated rings. The van der Waals surface area contributed by atoms with Gasteiger partial charge in [-0.3, -0.25) is 0 Å². The van der Waals surface area contributed by atoms with Crippen LogP contribution in [0, 0.1) is 0 Å². The van der Waals surface area contributed by atoms with E-state index >= 15 is 0 Å². The van der Waals surface area contributed by atoms with Crippen LogP contribution in [-0.2, 0) is 4.74 Å². The van der Waals surface area contributed by atoms with Crippen molar-refractivity contribution in [2.75, 3.05) is 6.61 Å². The lowest BCUT2D eigenvalue weighted by Gasteiger charge is -2.14. The molecule has 1 aromatic heterocycles. The summed E-state index contributed by atoms with van der Waals surface area (Å²) in [5.74, 6) is -0.295. The van der Waals surface area contributed by atoms with Gasteiger partial charge in [-0.1, -0.05) is 48.5 Å². The van der Waals surface area contributed by atoms with Crippen molar-refractivity contribution in [3.05, 3.63) is 78.5 Å². The number of nitrogens with zero attached hydrogens (tertiary/aromatic N) is 1. The molecule has 0 spiro atoms. The first-order chi connectivity index (χ1) is 12.6. The zero-order valence-corrected chi connectivity index (χ0v) is 15.5. The Bertz CT molecular complexity index is 887. The number of benzene rings is 2. The van der Waals surface area contributed by atoms with Gasteiger partial charge in [0.05, 0.1) is 6.61 Å². The van der Waals surface area contributed by atoms with Gasteiger partial charge in [0, 0.05) is 17.7 Å². The molecule has 0 saturated carbocycles. The number of ether oxygens (including phenoxy) is 1. The molecule has 0 N–H and O–H groups in total. The quantitative estimate of drug-likeness (QED) is 0.477. The van der Waals surface area contributed by atoms with E-state index < -0.39 is 0 Å². The molecule has 3 nitrogen and oxygen atoms in total. The third-order valence-electron chi connectivity index (χ3n) is 4.28. The first-order valence-corrected chi connectivity index (χ1v) is 8.99. The topological polar surface area (TPSA) is 30.2 Å². The molecule has 3 aromatic rings. The van der Waals surface area contributed by atoms with Crippen LogP contribution >= 0.6 is 0 Å². The van der Waals surface area contributed by atoms with Gasteiger partial charge < -0.3 is 4.74 Å². The number of pyridine rings is 1. The van der Waals surface area contributed by atoms with Crippen molar-refractivity contribution in [1.29, 1.82) is 0 Å². The van der Waals surface area contributed by atoms with Crippen LogP contribution in [0.3, 0.4) is 0 Å². The van der Waals surface area contributed by atoms with E-state index in [1.807, 2.05) is 49.4 Å². The zero-order valence-electron chi connectivity index (χ0n) is 15.5. The van der Waals surface area contributed by atoms with Gasteiger partial charge in [0.1, 0.15) is 0 Å². The average Bonchev–Trinajstić information content (AvgIpc) is 2.68. The van der Waals surface area contributed by atoms with Gasteiger partial charge in [-0.25, -0.2) is 4.79 Å². The minimum atomic E-state index is -0.295. The largest absolute Gasteiger partial charge is 0.458 e. The molecule has 26 heavy (non-hydrogen) atoms. The second kappa shape index (κ2) is 7.96. The van der Waals surface area contributed by atoms with E-state index in [9.17, 15) is 4.79 Å². The van der Waals surface area contributed by atoms with E-state index in [4.69, 9.17) is 4.74 Å². The highest BCUT2D eigenvalue weighted by Gasteiger charge is 2.29. The Labute approximate surface area is 154 Å². The molecule has 0 amide bonds. The van der Waals surface area contributed by atoms with Crippen LogP contribution in [0.15, 0.2) is 72.8 Å². The molecule has 0 atom stereocenters. The highest BCUT2D eigenvalue weighted by Crippen LogP contribution is 2.26. The summed E-state index contributed by atoms with van der Waals surface area (Å²) < 4.78 is 7.40. The summed E-state index contributed by atoms with van der Waals surface area (Å²) in [4.78, 5) is 12.7. The summed E-state index contributed by atoms with van der Waals surface area (Å²) in [5, 5.41) is 0. The predicted octanol–water partition coefficient (Wildman–Crippen LogP) is 5.07. The molecule has 0 saturated heterocycles. The van der Waals surface area contributed by atoms with Crippen LogP contribution in [0.2, 0.25) is 0 Å². The summed E-state index contributed by atoms with van der Waals surface area (Å²) in [6.07, 6.45) is 0. The lowest BCUT2D eigenvalue weighted by atomic mass is 10.0. The van der Waals surface area contributed by atoms with Crippen LogP contribution in [0.1, 0.15) is 37.3 Å². The Hall–Kier alpha value is -2.94. The van der Waals surface area contributed by atoms with Gasteiger partial charge in [0.15, 0.2) is 6.04 Å². The van der Waals surface area contributed by atoms with Gasteiger partial charge in [-0.2, -0.15) is 4.57 Å². The maximum absolute atomic E-state index is 12.7. The summed E-state index contributed by atoms with van der Waals surface area (Å²) in [5.41, 5.74) is 4.73. The van der Waals surface area contributed by atoms with Crippen molar-refractivity contribution in [2.45, 2.75) is 26.8 Å². The fourth-order valence-corrected chi connectivity index (χ4v) is 3.15. The van der Waals surface area contributed by atoms with E-state index in [-0.39, 0.29) is 12.0 Å². The van der Waals surface area contributed by atoms with Crippen molar-refractivity contribution >= 4 is 5.97 Å². The minimum absolute atomic E-state index is 0.120. The monoisotopic (exact) mass is 346 g/mol. The summed E-state index contributed by atoms with van der Waals surface area (Å²) in [7, 11) is 0. The Morgan fingerprint density at radius 2 is 1.46 bits per heavy atom. The summed E-state index contributed by atoms with van der Waals surface area (Å²) in [6.45, 7) is 6.35. The van der Waals surface area contributed by atoms with Crippen LogP contribution in [0.5, 0.6) is 0 Å². The second-order valence-corrected chi connectivity index (χ2v) is 6.43. The van der Waals surface area contributed by atoms with Crippen LogP contribution in [-0.4, -0.2) is 12.6 Å². The van der Waals surface area contributed by atoms with E-state index in [1.54, 1.807) is 0 Å². The maximum atomic E-state index is 12.7. The van der Waals surface area contributed by atoms with Crippen molar-refractivity contribution in [3.8, 4) is 22.4 Å². The molecule has 0 bridgehead atoms. The second-order valence-electron chi connectivity index (χ2n) is 6.43. The average molecular weight is 346 g/mol. The molecule has 0 unspecified atom stereocenters. The van der Waals surface area contributed by atoms with Crippen molar-refractivity contribution < 1.29 is 14.1 Å². The van der Waals surface area contributed by atoms with Crippen LogP contribution < -0.4 is 4.57 Å². The lowest BCUT2D eigenvalue weighted by Crippen LogP contribution is -2.45.